The second-order valence-electron chi connectivity index (χ2n) is 4.07. The molecule has 0 aliphatic carbocycles. The number of hydrogen-bond donors (Lipinski definition) is 0. The molecule has 10 heteroatoms. The second kappa shape index (κ2) is 4.97. The molecule has 0 amide bonds. The molecular weight excluding hydrogens is 295 g/mol. The fraction of sp³-hybridized carbons (Fsp3) is 1.00. The Kier molecular flexibility index (Phi) is 4.34. The average molecular weight is 309 g/mol. The van der Waals surface area contributed by atoms with Crippen LogP contribution in [0.2, 0.25) is 0 Å². The van der Waals surface area contributed by atoms with Crippen molar-refractivity contribution in [3.63, 3.8) is 0 Å². The molecule has 0 radical (unpaired) electrons. The van der Waals surface area contributed by atoms with Crippen LogP contribution in [0.4, 0.5) is 13.2 Å². The van der Waals surface area contributed by atoms with Gasteiger partial charge in [-0.05, 0) is 0 Å². The van der Waals surface area contributed by atoms with Gasteiger partial charge in [0.2, 0.25) is 10.0 Å². The maximum absolute atomic E-state index is 11.9. The standard InChI is InChI=1S/C8H14F3NO4S2/c1-2-17(13,14)7-5-12(6-7)18(15,16)4-3-8(9,10)11/h7H,2-6H2,1H3. The largest absolute Gasteiger partial charge is 0.390 e. The lowest BCUT2D eigenvalue weighted by molar-refractivity contribution is -0.130. The van der Waals surface area contributed by atoms with Crippen LogP contribution in [0.5, 0.6) is 0 Å². The molecule has 0 spiro atoms. The van der Waals surface area contributed by atoms with Gasteiger partial charge in [-0.25, -0.2) is 16.8 Å². The molecule has 0 aromatic carbocycles. The van der Waals surface area contributed by atoms with E-state index in [1.54, 1.807) is 0 Å². The van der Waals surface area contributed by atoms with Gasteiger partial charge in [-0.3, -0.25) is 0 Å². The van der Waals surface area contributed by atoms with Crippen LogP contribution in [0, 0.1) is 0 Å². The zero-order valence-electron chi connectivity index (χ0n) is 9.64. The van der Waals surface area contributed by atoms with Crippen molar-refractivity contribution in [2.45, 2.75) is 24.8 Å². The molecule has 5 nitrogen and oxygen atoms in total. The lowest BCUT2D eigenvalue weighted by Gasteiger charge is -2.37. The summed E-state index contributed by atoms with van der Waals surface area (Å²) < 4.78 is 82.2. The molecule has 0 bridgehead atoms. The molecule has 1 aliphatic heterocycles. The minimum absolute atomic E-state index is 0.103. The van der Waals surface area contributed by atoms with Gasteiger partial charge in [-0.1, -0.05) is 6.92 Å². The Morgan fingerprint density at radius 2 is 1.67 bits per heavy atom. The second-order valence-corrected chi connectivity index (χ2v) is 8.73. The van der Waals surface area contributed by atoms with Crippen molar-refractivity contribution in [1.82, 2.24) is 4.31 Å². The topological polar surface area (TPSA) is 71.5 Å². The van der Waals surface area contributed by atoms with Gasteiger partial charge in [0.05, 0.1) is 17.4 Å². The molecule has 1 fully saturated rings. The van der Waals surface area contributed by atoms with Crippen molar-refractivity contribution in [2.24, 2.45) is 0 Å². The van der Waals surface area contributed by atoms with E-state index in [0.717, 1.165) is 4.31 Å². The van der Waals surface area contributed by atoms with E-state index in [1.807, 2.05) is 0 Å². The van der Waals surface area contributed by atoms with Crippen molar-refractivity contribution < 1.29 is 30.0 Å². The molecule has 1 rings (SSSR count). The third kappa shape index (κ3) is 3.82. The predicted octanol–water partition coefficient (Wildman–Crippen LogP) is 0.388. The van der Waals surface area contributed by atoms with Crippen molar-refractivity contribution in [3.05, 3.63) is 0 Å². The number of halogens is 3. The number of rotatable bonds is 5. The molecule has 18 heavy (non-hydrogen) atoms. The Labute approximate surface area is 104 Å². The third-order valence-corrected chi connectivity index (χ3v) is 6.69. The summed E-state index contributed by atoms with van der Waals surface area (Å²) in [4.78, 5) is 0. The summed E-state index contributed by atoms with van der Waals surface area (Å²) >= 11 is 0. The Bertz CT molecular complexity index is 491. The highest BCUT2D eigenvalue weighted by Crippen LogP contribution is 2.25. The Balaban J connectivity index is 2.55. The Morgan fingerprint density at radius 3 is 2.06 bits per heavy atom. The van der Waals surface area contributed by atoms with E-state index in [1.165, 1.54) is 6.92 Å². The van der Waals surface area contributed by atoms with E-state index in [9.17, 15) is 30.0 Å². The van der Waals surface area contributed by atoms with Gasteiger partial charge in [0.1, 0.15) is 0 Å². The van der Waals surface area contributed by atoms with Crippen LogP contribution >= 0.6 is 0 Å². The van der Waals surface area contributed by atoms with Crippen LogP contribution in [-0.2, 0) is 19.9 Å². The monoisotopic (exact) mass is 309 g/mol. The average Bonchev–Trinajstić information content (AvgIpc) is 2.10. The number of sulfone groups is 1. The normalized spacial score (nSPS) is 19.8. The van der Waals surface area contributed by atoms with Crippen molar-refractivity contribution >= 4 is 19.9 Å². The molecule has 1 heterocycles. The molecule has 0 unspecified atom stereocenters. The summed E-state index contributed by atoms with van der Waals surface area (Å²) in [6, 6.07) is 0. The van der Waals surface area contributed by atoms with Gasteiger partial charge in [-0.2, -0.15) is 17.5 Å². The molecule has 0 atom stereocenters. The zero-order valence-corrected chi connectivity index (χ0v) is 11.3. The summed E-state index contributed by atoms with van der Waals surface area (Å²) in [5.74, 6) is -1.14. The number of nitrogens with zero attached hydrogens (tertiary/aromatic N) is 1. The molecular formula is C8H14F3NO4S2. The smallest absolute Gasteiger partial charge is 0.228 e. The van der Waals surface area contributed by atoms with E-state index in [-0.39, 0.29) is 18.8 Å². The van der Waals surface area contributed by atoms with Gasteiger partial charge in [0.15, 0.2) is 9.84 Å². The summed E-state index contributed by atoms with van der Waals surface area (Å²) in [5.41, 5.74) is 0. The maximum Gasteiger partial charge on any atom is 0.390 e. The van der Waals surface area contributed by atoms with Crippen LogP contribution in [0.3, 0.4) is 0 Å². The highest BCUT2D eigenvalue weighted by molar-refractivity contribution is 7.92. The summed E-state index contributed by atoms with van der Waals surface area (Å²) in [5, 5.41) is -0.789. The fourth-order valence-electron chi connectivity index (χ4n) is 1.46. The van der Waals surface area contributed by atoms with Gasteiger partial charge in [0.25, 0.3) is 0 Å². The number of sulfonamides is 1. The molecule has 108 valence electrons. The van der Waals surface area contributed by atoms with Gasteiger partial charge >= 0.3 is 6.18 Å². The quantitative estimate of drug-likeness (QED) is 0.736. The molecule has 0 aromatic heterocycles. The predicted molar refractivity (Wildman–Crippen MR) is 59.3 cm³/mol. The lowest BCUT2D eigenvalue weighted by atomic mass is 10.3. The fourth-order valence-corrected chi connectivity index (χ4v) is 4.50. The first kappa shape index (κ1) is 15.7. The van der Waals surface area contributed by atoms with E-state index < -0.39 is 43.5 Å². The molecule has 0 N–H and O–H groups in total. The van der Waals surface area contributed by atoms with E-state index in [4.69, 9.17) is 0 Å². The zero-order chi connectivity index (χ0) is 14.2. The molecule has 1 aliphatic rings. The van der Waals surface area contributed by atoms with E-state index >= 15 is 0 Å². The van der Waals surface area contributed by atoms with Gasteiger partial charge < -0.3 is 0 Å². The SMILES string of the molecule is CCS(=O)(=O)C1CN(S(=O)(=O)CCC(F)(F)F)C1. The van der Waals surface area contributed by atoms with E-state index in [0.29, 0.717) is 0 Å². The van der Waals surface area contributed by atoms with Crippen molar-refractivity contribution in [3.8, 4) is 0 Å². The third-order valence-electron chi connectivity index (χ3n) is 2.76. The van der Waals surface area contributed by atoms with Crippen LogP contribution in [0.25, 0.3) is 0 Å². The highest BCUT2D eigenvalue weighted by atomic mass is 32.2. The van der Waals surface area contributed by atoms with Crippen LogP contribution in [-0.4, -0.2) is 57.2 Å². The minimum Gasteiger partial charge on any atom is -0.228 e. The molecule has 0 saturated carbocycles. The summed E-state index contributed by atoms with van der Waals surface area (Å²) in [7, 11) is -7.34. The number of hydrogen-bond acceptors (Lipinski definition) is 4. The Morgan fingerprint density at radius 1 is 1.17 bits per heavy atom. The van der Waals surface area contributed by atoms with Crippen molar-refractivity contribution in [1.29, 1.82) is 0 Å². The summed E-state index contributed by atoms with van der Waals surface area (Å²) in [6.45, 7) is 0.961. The molecule has 1 saturated heterocycles. The first-order valence-electron chi connectivity index (χ1n) is 5.24. The summed E-state index contributed by atoms with van der Waals surface area (Å²) in [6.07, 6.45) is -5.95. The lowest BCUT2D eigenvalue weighted by Crippen LogP contribution is -2.57. The minimum atomic E-state index is -4.53. The van der Waals surface area contributed by atoms with Crippen LogP contribution in [0.15, 0.2) is 0 Å². The first-order valence-corrected chi connectivity index (χ1v) is 8.56. The van der Waals surface area contributed by atoms with Crippen LogP contribution in [0.1, 0.15) is 13.3 Å². The Hall–Kier alpha value is -0.350. The molecule has 0 aromatic rings. The first-order chi connectivity index (χ1) is 7.98. The van der Waals surface area contributed by atoms with Gasteiger partial charge in [0, 0.05) is 18.8 Å². The van der Waals surface area contributed by atoms with E-state index in [2.05, 4.69) is 0 Å². The van der Waals surface area contributed by atoms with Crippen molar-refractivity contribution in [2.75, 3.05) is 24.6 Å². The maximum atomic E-state index is 11.9. The number of alkyl halides is 3. The van der Waals surface area contributed by atoms with Gasteiger partial charge in [-0.15, -0.1) is 0 Å². The van der Waals surface area contributed by atoms with Crippen LogP contribution < -0.4 is 0 Å². The highest BCUT2D eigenvalue weighted by Gasteiger charge is 2.43.